The summed E-state index contributed by atoms with van der Waals surface area (Å²) in [4.78, 5) is 4.09. The molecule has 92 valence electrons. The molecular formula is C13H12BrN3O. The molecule has 0 unspecified atom stereocenters. The lowest BCUT2D eigenvalue weighted by Crippen LogP contribution is -2.11. The molecule has 2 rings (SSSR count). The second-order valence-corrected chi connectivity index (χ2v) is 4.69. The number of ether oxygens (including phenoxy) is 1. The van der Waals surface area contributed by atoms with Crippen LogP contribution < -0.4 is 10.5 Å². The van der Waals surface area contributed by atoms with E-state index in [1.165, 1.54) is 0 Å². The van der Waals surface area contributed by atoms with Crippen LogP contribution >= 0.6 is 15.9 Å². The van der Waals surface area contributed by atoms with Crippen molar-refractivity contribution in [2.24, 2.45) is 5.73 Å². The fourth-order valence-electron chi connectivity index (χ4n) is 1.43. The van der Waals surface area contributed by atoms with Crippen molar-refractivity contribution in [1.29, 1.82) is 5.41 Å². The Morgan fingerprint density at radius 1 is 1.33 bits per heavy atom. The second kappa shape index (κ2) is 5.18. The average Bonchev–Trinajstić information content (AvgIpc) is 2.33. The van der Waals surface area contributed by atoms with Crippen molar-refractivity contribution in [2.45, 2.75) is 6.92 Å². The van der Waals surface area contributed by atoms with Crippen LogP contribution in [0.1, 0.15) is 11.1 Å². The number of nitrogens with two attached hydrogens (primary N) is 1. The van der Waals surface area contributed by atoms with Crippen molar-refractivity contribution >= 4 is 21.8 Å². The third-order valence-electron chi connectivity index (χ3n) is 2.35. The van der Waals surface area contributed by atoms with Gasteiger partial charge in [-0.3, -0.25) is 5.41 Å². The highest BCUT2D eigenvalue weighted by atomic mass is 79.9. The summed E-state index contributed by atoms with van der Waals surface area (Å²) in [5.41, 5.74) is 7.14. The summed E-state index contributed by atoms with van der Waals surface area (Å²) in [5, 5.41) is 7.37. The topological polar surface area (TPSA) is 72.0 Å². The van der Waals surface area contributed by atoms with Gasteiger partial charge in [0.15, 0.2) is 0 Å². The number of amidine groups is 1. The van der Waals surface area contributed by atoms with Crippen LogP contribution in [0.3, 0.4) is 0 Å². The van der Waals surface area contributed by atoms with Crippen LogP contribution in [0.15, 0.2) is 41.0 Å². The molecule has 5 heteroatoms. The van der Waals surface area contributed by atoms with E-state index < -0.39 is 0 Å². The quantitative estimate of drug-likeness (QED) is 0.675. The van der Waals surface area contributed by atoms with Gasteiger partial charge >= 0.3 is 0 Å². The summed E-state index contributed by atoms with van der Waals surface area (Å²) in [5.74, 6) is 1.08. The molecule has 1 aromatic carbocycles. The van der Waals surface area contributed by atoms with Gasteiger partial charge in [-0.15, -0.1) is 0 Å². The molecule has 0 aliphatic carbocycles. The molecule has 4 nitrogen and oxygen atoms in total. The zero-order valence-electron chi connectivity index (χ0n) is 9.77. The minimum absolute atomic E-state index is 0.00905. The third kappa shape index (κ3) is 2.87. The Balaban J connectivity index is 2.28. The van der Waals surface area contributed by atoms with Crippen molar-refractivity contribution in [3.8, 4) is 11.6 Å². The lowest BCUT2D eigenvalue weighted by molar-refractivity contribution is 0.460. The Kier molecular flexibility index (Phi) is 3.62. The van der Waals surface area contributed by atoms with Gasteiger partial charge in [0.25, 0.3) is 0 Å². The largest absolute Gasteiger partial charge is 0.438 e. The van der Waals surface area contributed by atoms with Crippen LogP contribution in [0.5, 0.6) is 11.6 Å². The predicted octanol–water partition coefficient (Wildman–Crippen LogP) is 3.23. The molecule has 3 N–H and O–H groups in total. The molecule has 0 spiro atoms. The van der Waals surface area contributed by atoms with Crippen LogP contribution in [0.4, 0.5) is 0 Å². The van der Waals surface area contributed by atoms with E-state index in [9.17, 15) is 0 Å². The molecule has 1 heterocycles. The van der Waals surface area contributed by atoms with Crippen LogP contribution in [-0.2, 0) is 0 Å². The second-order valence-electron chi connectivity index (χ2n) is 3.83. The number of rotatable bonds is 3. The summed E-state index contributed by atoms with van der Waals surface area (Å²) in [6.45, 7) is 2.00. The Morgan fingerprint density at radius 3 is 2.78 bits per heavy atom. The van der Waals surface area contributed by atoms with Crippen LogP contribution in [-0.4, -0.2) is 10.8 Å². The van der Waals surface area contributed by atoms with E-state index >= 15 is 0 Å². The minimum Gasteiger partial charge on any atom is -0.438 e. The maximum atomic E-state index is 7.37. The van der Waals surface area contributed by atoms with Crippen LogP contribution in [0, 0.1) is 12.3 Å². The minimum atomic E-state index is -0.00905. The normalized spacial score (nSPS) is 10.1. The van der Waals surface area contributed by atoms with E-state index in [0.29, 0.717) is 17.2 Å². The number of hydrogen-bond acceptors (Lipinski definition) is 3. The third-order valence-corrected chi connectivity index (χ3v) is 2.97. The van der Waals surface area contributed by atoms with E-state index in [0.717, 1.165) is 10.0 Å². The summed E-state index contributed by atoms with van der Waals surface area (Å²) >= 11 is 3.43. The van der Waals surface area contributed by atoms with Crippen LogP contribution in [0.2, 0.25) is 0 Å². The number of aromatic nitrogens is 1. The molecular weight excluding hydrogens is 294 g/mol. The van der Waals surface area contributed by atoms with Gasteiger partial charge in [0.2, 0.25) is 5.88 Å². The molecule has 0 amide bonds. The number of nitrogen functional groups attached to an aromatic ring is 1. The first-order valence-corrected chi connectivity index (χ1v) is 6.10. The summed E-state index contributed by atoms with van der Waals surface area (Å²) < 4.78 is 6.50. The highest BCUT2D eigenvalue weighted by Crippen LogP contribution is 2.29. The molecule has 0 aliphatic rings. The maximum Gasteiger partial charge on any atom is 0.219 e. The average molecular weight is 306 g/mol. The van der Waals surface area contributed by atoms with Gasteiger partial charge in [0, 0.05) is 17.8 Å². The summed E-state index contributed by atoms with van der Waals surface area (Å²) in [6, 6.07) is 9.08. The lowest BCUT2D eigenvalue weighted by atomic mass is 10.2. The fraction of sp³-hybridized carbons (Fsp3) is 0.0769. The molecule has 0 bridgehead atoms. The van der Waals surface area contributed by atoms with E-state index in [1.54, 1.807) is 18.3 Å². The maximum absolute atomic E-state index is 7.37. The SMILES string of the molecule is Cc1ccc(Oc2cc(C(=N)N)ccn2)c(Br)c1. The standard InChI is InChI=1S/C13H12BrN3O/c1-8-2-3-11(10(14)6-8)18-12-7-9(13(15)16)4-5-17-12/h2-7H,1H3,(H3,15,16). The molecule has 0 saturated carbocycles. The first-order chi connectivity index (χ1) is 8.56. The fourth-order valence-corrected chi connectivity index (χ4v) is 2.01. The molecule has 0 saturated heterocycles. The van der Waals surface area contributed by atoms with Gasteiger partial charge < -0.3 is 10.5 Å². The van der Waals surface area contributed by atoms with Gasteiger partial charge in [-0.1, -0.05) is 6.07 Å². The first-order valence-electron chi connectivity index (χ1n) is 5.31. The molecule has 2 aromatic rings. The van der Waals surface area contributed by atoms with Gasteiger partial charge in [-0.2, -0.15) is 0 Å². The molecule has 1 aromatic heterocycles. The molecule has 18 heavy (non-hydrogen) atoms. The zero-order chi connectivity index (χ0) is 13.1. The van der Waals surface area contributed by atoms with Crippen LogP contribution in [0.25, 0.3) is 0 Å². The summed E-state index contributed by atoms with van der Waals surface area (Å²) in [7, 11) is 0. The Labute approximate surface area is 113 Å². The van der Waals surface area contributed by atoms with E-state index in [4.69, 9.17) is 15.9 Å². The Morgan fingerprint density at radius 2 is 2.11 bits per heavy atom. The number of aryl methyl sites for hydroxylation is 1. The lowest BCUT2D eigenvalue weighted by Gasteiger charge is -2.08. The number of benzene rings is 1. The number of hydrogen-bond donors (Lipinski definition) is 2. The van der Waals surface area contributed by atoms with Gasteiger partial charge in [-0.05, 0) is 46.6 Å². The molecule has 0 radical (unpaired) electrons. The Bertz CT molecular complexity index is 599. The smallest absolute Gasteiger partial charge is 0.219 e. The predicted molar refractivity (Wildman–Crippen MR) is 74.2 cm³/mol. The molecule has 0 aliphatic heterocycles. The van der Waals surface area contributed by atoms with Crippen molar-refractivity contribution in [3.05, 3.63) is 52.1 Å². The molecule has 0 fully saturated rings. The van der Waals surface area contributed by atoms with E-state index in [1.807, 2.05) is 25.1 Å². The number of nitrogens with one attached hydrogen (secondary N) is 1. The Hall–Kier alpha value is -1.88. The zero-order valence-corrected chi connectivity index (χ0v) is 11.4. The van der Waals surface area contributed by atoms with Gasteiger partial charge in [-0.25, -0.2) is 4.98 Å². The highest BCUT2D eigenvalue weighted by Gasteiger charge is 2.05. The monoisotopic (exact) mass is 305 g/mol. The van der Waals surface area contributed by atoms with Crippen molar-refractivity contribution in [3.63, 3.8) is 0 Å². The van der Waals surface area contributed by atoms with Gasteiger partial charge in [0.1, 0.15) is 11.6 Å². The first kappa shape index (κ1) is 12.6. The number of halogens is 1. The molecule has 0 atom stereocenters. The highest BCUT2D eigenvalue weighted by molar-refractivity contribution is 9.10. The summed E-state index contributed by atoms with van der Waals surface area (Å²) in [6.07, 6.45) is 1.56. The number of nitrogens with zero attached hydrogens (tertiary/aromatic N) is 1. The van der Waals surface area contributed by atoms with Crippen molar-refractivity contribution in [2.75, 3.05) is 0 Å². The van der Waals surface area contributed by atoms with Crippen molar-refractivity contribution < 1.29 is 4.74 Å². The number of pyridine rings is 1. The van der Waals surface area contributed by atoms with Crippen molar-refractivity contribution in [1.82, 2.24) is 4.98 Å². The van der Waals surface area contributed by atoms with E-state index in [2.05, 4.69) is 20.9 Å². The van der Waals surface area contributed by atoms with E-state index in [-0.39, 0.29) is 5.84 Å². The van der Waals surface area contributed by atoms with Gasteiger partial charge in [0.05, 0.1) is 4.47 Å².